The molecule has 8 N–H and O–H groups in total. The Morgan fingerprint density at radius 2 is 1.53 bits per heavy atom. The van der Waals surface area contributed by atoms with E-state index < -0.39 is 36.1 Å². The molecule has 1 aromatic carbocycles. The van der Waals surface area contributed by atoms with Gasteiger partial charge in [0.15, 0.2) is 0 Å². The monoisotopic (exact) mass is 527 g/mol. The minimum atomic E-state index is -5.08. The fourth-order valence-corrected chi connectivity index (χ4v) is 2.81. The number of fused-ring (bicyclic) bond motifs is 1. The van der Waals surface area contributed by atoms with Gasteiger partial charge in [-0.05, 0) is 35.6 Å². The number of alkyl halides is 6. The number of aliphatic carboxylic acids is 2. The smallest absolute Gasteiger partial charge is 0.475 e. The molecule has 1 aromatic heterocycles. The molecule has 3 rings (SSSR count). The summed E-state index contributed by atoms with van der Waals surface area (Å²) in [5.41, 5.74) is 18.5. The van der Waals surface area contributed by atoms with Crippen molar-refractivity contribution in [3.63, 3.8) is 0 Å². The number of halogens is 6. The van der Waals surface area contributed by atoms with Gasteiger partial charge in [-0.25, -0.2) is 14.6 Å². The molecule has 1 atom stereocenters. The third-order valence-corrected chi connectivity index (χ3v) is 4.54. The van der Waals surface area contributed by atoms with E-state index in [4.69, 9.17) is 37.0 Å². The van der Waals surface area contributed by atoms with Crippen LogP contribution in [0, 0.1) is 5.92 Å². The van der Waals surface area contributed by atoms with Crippen molar-refractivity contribution in [3.8, 4) is 0 Å². The van der Waals surface area contributed by atoms with Gasteiger partial charge < -0.3 is 32.3 Å². The van der Waals surface area contributed by atoms with Gasteiger partial charge in [-0.2, -0.15) is 26.3 Å². The maximum Gasteiger partial charge on any atom is 0.490 e. The SMILES string of the molecule is NC(=O)[C@@H]1CCN(Cc2cc3c(N)nccc3cc2N)C1=O.O=C(O)C(F)(F)F.O=C(O)C(F)(F)F. The first-order chi connectivity index (χ1) is 16.4. The number of nitrogen functional groups attached to an aromatic ring is 2. The molecule has 0 spiro atoms. The highest BCUT2D eigenvalue weighted by Crippen LogP contribution is 2.28. The van der Waals surface area contributed by atoms with Gasteiger partial charge in [0.25, 0.3) is 0 Å². The highest BCUT2D eigenvalue weighted by atomic mass is 19.4. The van der Waals surface area contributed by atoms with Gasteiger partial charge in [0.05, 0.1) is 0 Å². The maximum atomic E-state index is 12.1. The van der Waals surface area contributed by atoms with E-state index in [1.165, 1.54) is 0 Å². The van der Waals surface area contributed by atoms with E-state index in [0.29, 0.717) is 31.0 Å². The molecule has 11 nitrogen and oxygen atoms in total. The zero-order chi connectivity index (χ0) is 28.0. The summed E-state index contributed by atoms with van der Waals surface area (Å²) in [6.07, 6.45) is -8.09. The van der Waals surface area contributed by atoms with Crippen LogP contribution in [0.2, 0.25) is 0 Å². The van der Waals surface area contributed by atoms with Crippen molar-refractivity contribution in [1.82, 2.24) is 9.88 Å². The number of pyridine rings is 1. The molecule has 2 heterocycles. The number of amides is 2. The van der Waals surface area contributed by atoms with Gasteiger partial charge in [0.2, 0.25) is 11.8 Å². The minimum Gasteiger partial charge on any atom is -0.475 e. The number of carboxylic acids is 2. The van der Waals surface area contributed by atoms with Gasteiger partial charge in [-0.15, -0.1) is 0 Å². The van der Waals surface area contributed by atoms with Crippen LogP contribution >= 0.6 is 0 Å². The molecule has 1 fully saturated rings. The van der Waals surface area contributed by atoms with Gasteiger partial charge in [-0.1, -0.05) is 0 Å². The number of nitrogens with two attached hydrogens (primary N) is 3. The maximum absolute atomic E-state index is 12.1. The molecule has 1 aliphatic rings. The first-order valence-electron chi connectivity index (χ1n) is 9.47. The van der Waals surface area contributed by atoms with Crippen molar-refractivity contribution in [2.75, 3.05) is 18.0 Å². The van der Waals surface area contributed by atoms with Crippen LogP contribution in [0.1, 0.15) is 12.0 Å². The average Bonchev–Trinajstić information content (AvgIpc) is 3.09. The lowest BCUT2D eigenvalue weighted by molar-refractivity contribution is -0.193. The first kappa shape index (κ1) is 29.7. The second-order valence-corrected chi connectivity index (χ2v) is 7.08. The number of hydrogen-bond donors (Lipinski definition) is 5. The molecule has 0 saturated carbocycles. The summed E-state index contributed by atoms with van der Waals surface area (Å²) >= 11 is 0. The summed E-state index contributed by atoms with van der Waals surface area (Å²) in [7, 11) is 0. The fraction of sp³-hybridized carbons (Fsp3) is 0.316. The average molecular weight is 527 g/mol. The Morgan fingerprint density at radius 1 is 1.03 bits per heavy atom. The van der Waals surface area contributed by atoms with Crippen molar-refractivity contribution < 1.29 is 55.7 Å². The normalized spacial score (nSPS) is 15.4. The number of likely N-dealkylation sites (tertiary alicyclic amines) is 1. The molecular weight excluding hydrogens is 508 g/mol. The van der Waals surface area contributed by atoms with Gasteiger partial charge in [0, 0.05) is 30.4 Å². The Kier molecular flexibility index (Phi) is 9.42. The molecule has 198 valence electrons. The van der Waals surface area contributed by atoms with Crippen molar-refractivity contribution in [3.05, 3.63) is 30.0 Å². The number of hydrogen-bond acceptors (Lipinski definition) is 7. The molecule has 1 aliphatic heterocycles. The predicted molar refractivity (Wildman–Crippen MR) is 111 cm³/mol. The largest absolute Gasteiger partial charge is 0.490 e. The zero-order valence-corrected chi connectivity index (χ0v) is 17.9. The summed E-state index contributed by atoms with van der Waals surface area (Å²) in [6.45, 7) is 0.825. The molecule has 17 heteroatoms. The summed E-state index contributed by atoms with van der Waals surface area (Å²) in [4.78, 5) is 46.8. The third kappa shape index (κ3) is 8.17. The minimum absolute atomic E-state index is 0.244. The van der Waals surface area contributed by atoms with E-state index >= 15 is 0 Å². The zero-order valence-electron chi connectivity index (χ0n) is 17.9. The van der Waals surface area contributed by atoms with Gasteiger partial charge in [0.1, 0.15) is 11.7 Å². The van der Waals surface area contributed by atoms with Crippen molar-refractivity contribution in [2.45, 2.75) is 25.3 Å². The number of carbonyl (C=O) groups is 4. The van der Waals surface area contributed by atoms with Gasteiger partial charge in [-0.3, -0.25) is 9.59 Å². The van der Waals surface area contributed by atoms with Crippen LogP contribution < -0.4 is 17.2 Å². The summed E-state index contributed by atoms with van der Waals surface area (Å²) in [5.74, 6) is -6.64. The molecule has 0 radical (unpaired) electrons. The molecule has 36 heavy (non-hydrogen) atoms. The lowest BCUT2D eigenvalue weighted by Crippen LogP contribution is -2.33. The van der Waals surface area contributed by atoms with Crippen molar-refractivity contribution in [2.24, 2.45) is 11.7 Å². The predicted octanol–water partition coefficient (Wildman–Crippen LogP) is 1.50. The highest BCUT2D eigenvalue weighted by molar-refractivity contribution is 6.01. The van der Waals surface area contributed by atoms with Crippen LogP contribution in [-0.4, -0.2) is 62.7 Å². The number of carboxylic acid groups (broad SMARTS) is 2. The number of aromatic nitrogens is 1. The lowest BCUT2D eigenvalue weighted by Gasteiger charge is -2.18. The van der Waals surface area contributed by atoms with E-state index in [1.54, 1.807) is 11.1 Å². The number of benzene rings is 1. The molecule has 0 bridgehead atoms. The van der Waals surface area contributed by atoms with E-state index in [0.717, 1.165) is 16.3 Å². The summed E-state index contributed by atoms with van der Waals surface area (Å²) in [5, 5.41) is 15.9. The van der Waals surface area contributed by atoms with Crippen molar-refractivity contribution in [1.29, 1.82) is 0 Å². The third-order valence-electron chi connectivity index (χ3n) is 4.54. The Hall–Kier alpha value is -4.31. The van der Waals surface area contributed by atoms with Crippen LogP contribution in [-0.2, 0) is 25.7 Å². The summed E-state index contributed by atoms with van der Waals surface area (Å²) < 4.78 is 63.5. The number of rotatable bonds is 3. The second kappa shape index (κ2) is 11.4. The number of primary amides is 1. The molecule has 2 aromatic rings. The van der Waals surface area contributed by atoms with Crippen molar-refractivity contribution >= 4 is 46.0 Å². The Morgan fingerprint density at radius 3 is 1.94 bits per heavy atom. The van der Waals surface area contributed by atoms with Crippen LogP contribution in [0.15, 0.2) is 24.4 Å². The van der Waals surface area contributed by atoms with E-state index in [2.05, 4.69) is 4.98 Å². The summed E-state index contributed by atoms with van der Waals surface area (Å²) in [6, 6.07) is 5.49. The highest BCUT2D eigenvalue weighted by Gasteiger charge is 2.39. The quantitative estimate of drug-likeness (QED) is 0.223. The fourth-order valence-electron chi connectivity index (χ4n) is 2.81. The van der Waals surface area contributed by atoms with E-state index in [9.17, 15) is 35.9 Å². The van der Waals surface area contributed by atoms with Crippen LogP contribution in [0.4, 0.5) is 37.8 Å². The molecular formula is C19H19F6N5O6. The standard InChI is InChI=1S/C15H17N5O2.2C2HF3O2/c16-12-6-8-1-3-19-13(17)11(8)5-9(12)7-20-4-2-10(14(18)21)15(20)22;2*3-2(4,5)1(6)7/h1,3,5-6,10H,2,4,7,16H2,(H2,17,19)(H2,18,21);2*(H,6,7)/t10-;;/m0../s1. The van der Waals surface area contributed by atoms with E-state index in [1.807, 2.05) is 18.2 Å². The Balaban J connectivity index is 0.000000383. The number of anilines is 2. The molecule has 2 amide bonds. The second-order valence-electron chi connectivity index (χ2n) is 7.08. The Bertz CT molecular complexity index is 1130. The van der Waals surface area contributed by atoms with Crippen LogP contribution in [0.25, 0.3) is 10.8 Å². The first-order valence-corrected chi connectivity index (χ1v) is 9.47. The number of carbonyl (C=O) groups excluding carboxylic acids is 2. The molecule has 1 saturated heterocycles. The van der Waals surface area contributed by atoms with Crippen LogP contribution in [0.3, 0.4) is 0 Å². The van der Waals surface area contributed by atoms with E-state index in [-0.39, 0.29) is 5.91 Å². The Labute approximate surface area is 197 Å². The van der Waals surface area contributed by atoms with Gasteiger partial charge >= 0.3 is 24.3 Å². The topological polar surface area (TPSA) is 203 Å². The molecule has 0 aliphatic carbocycles. The number of nitrogens with zero attached hydrogens (tertiary/aromatic N) is 2. The van der Waals surface area contributed by atoms with Crippen LogP contribution in [0.5, 0.6) is 0 Å². The molecule has 0 unspecified atom stereocenters. The lowest BCUT2D eigenvalue weighted by atomic mass is 10.1.